The third-order valence-electron chi connectivity index (χ3n) is 1.61. The molecule has 0 aliphatic rings. The van der Waals surface area contributed by atoms with E-state index in [4.69, 9.17) is 11.6 Å². The zero-order chi connectivity index (χ0) is 11.1. The lowest BCUT2D eigenvalue weighted by molar-refractivity contribution is 0.0952. The summed E-state index contributed by atoms with van der Waals surface area (Å²) in [7, 11) is 0. The van der Waals surface area contributed by atoms with Crippen molar-refractivity contribution in [1.29, 1.82) is 0 Å². The summed E-state index contributed by atoms with van der Waals surface area (Å²) in [6.07, 6.45) is 5.14. The summed E-state index contributed by atoms with van der Waals surface area (Å²) >= 11 is 8.70. The second-order valence-corrected chi connectivity index (χ2v) is 3.83. The summed E-state index contributed by atoms with van der Waals surface area (Å²) < 4.78 is 0.684. The number of nitrogens with one attached hydrogen (secondary N) is 1. The van der Waals surface area contributed by atoms with Crippen LogP contribution in [0.1, 0.15) is 10.5 Å². The Morgan fingerprint density at radius 1 is 1.60 bits per heavy atom. The minimum absolute atomic E-state index is 0.207. The Labute approximate surface area is 102 Å². The molecule has 0 saturated carbocycles. The number of allylic oxidation sites excluding steroid dienone is 1. The van der Waals surface area contributed by atoms with Gasteiger partial charge in [-0.3, -0.25) is 4.79 Å². The van der Waals surface area contributed by atoms with E-state index in [1.165, 1.54) is 0 Å². The number of rotatable bonds is 4. The van der Waals surface area contributed by atoms with Crippen LogP contribution in [0, 0.1) is 0 Å². The molecule has 1 N–H and O–H groups in total. The maximum absolute atomic E-state index is 11.6. The van der Waals surface area contributed by atoms with Gasteiger partial charge in [-0.05, 0) is 28.1 Å². The van der Waals surface area contributed by atoms with E-state index >= 15 is 0 Å². The van der Waals surface area contributed by atoms with Crippen LogP contribution in [-0.4, -0.2) is 23.3 Å². The summed E-state index contributed by atoms with van der Waals surface area (Å²) in [6.45, 7) is 0.453. The van der Waals surface area contributed by atoms with Crippen LogP contribution in [-0.2, 0) is 0 Å². The highest BCUT2D eigenvalue weighted by Crippen LogP contribution is 2.12. The summed E-state index contributed by atoms with van der Waals surface area (Å²) in [5.41, 5.74) is 0.386. The lowest BCUT2D eigenvalue weighted by Crippen LogP contribution is -2.24. The number of halogens is 2. The van der Waals surface area contributed by atoms with Crippen molar-refractivity contribution >= 4 is 33.4 Å². The first-order valence-electron chi connectivity index (χ1n) is 4.35. The third-order valence-corrected chi connectivity index (χ3v) is 2.43. The molecule has 0 spiro atoms. The molecule has 0 bridgehead atoms. The molecule has 0 aliphatic heterocycles. The normalized spacial score (nSPS) is 10.5. The number of hydrogen-bond donors (Lipinski definition) is 1. The number of carbonyl (C=O) groups is 1. The molecule has 3 nitrogen and oxygen atoms in total. The minimum atomic E-state index is -0.207. The molecule has 0 fully saturated rings. The van der Waals surface area contributed by atoms with Gasteiger partial charge in [-0.15, -0.1) is 11.6 Å². The van der Waals surface area contributed by atoms with Gasteiger partial charge in [0.1, 0.15) is 5.69 Å². The van der Waals surface area contributed by atoms with Crippen LogP contribution in [0.4, 0.5) is 0 Å². The van der Waals surface area contributed by atoms with Crippen molar-refractivity contribution in [3.8, 4) is 0 Å². The maximum Gasteiger partial charge on any atom is 0.271 e. The third kappa shape index (κ3) is 4.01. The highest BCUT2D eigenvalue weighted by molar-refractivity contribution is 9.10. The van der Waals surface area contributed by atoms with Crippen LogP contribution in [0.2, 0.25) is 0 Å². The highest BCUT2D eigenvalue weighted by atomic mass is 79.9. The quantitative estimate of drug-likeness (QED) is 0.683. The van der Waals surface area contributed by atoms with Gasteiger partial charge in [-0.2, -0.15) is 0 Å². The van der Waals surface area contributed by atoms with Crippen molar-refractivity contribution in [3.63, 3.8) is 0 Å². The molecule has 1 heterocycles. The molecule has 0 saturated heterocycles. The summed E-state index contributed by atoms with van der Waals surface area (Å²) in [5, 5.41) is 2.70. The molecule has 1 aromatic heterocycles. The van der Waals surface area contributed by atoms with E-state index < -0.39 is 0 Å². The van der Waals surface area contributed by atoms with Crippen LogP contribution >= 0.6 is 27.5 Å². The molecule has 15 heavy (non-hydrogen) atoms. The number of amides is 1. The van der Waals surface area contributed by atoms with Gasteiger partial charge >= 0.3 is 0 Å². The van der Waals surface area contributed by atoms with Gasteiger partial charge in [-0.25, -0.2) is 4.98 Å². The first-order valence-corrected chi connectivity index (χ1v) is 5.68. The zero-order valence-electron chi connectivity index (χ0n) is 7.91. The van der Waals surface area contributed by atoms with Crippen molar-refractivity contribution in [2.75, 3.05) is 12.4 Å². The van der Waals surface area contributed by atoms with E-state index in [0.29, 0.717) is 22.6 Å². The molecule has 1 rings (SSSR count). The second kappa shape index (κ2) is 6.58. The Hall–Kier alpha value is -0.870. The van der Waals surface area contributed by atoms with E-state index in [1.807, 2.05) is 0 Å². The smallest absolute Gasteiger partial charge is 0.271 e. The Bertz CT molecular complexity index is 368. The average molecular weight is 290 g/mol. The Morgan fingerprint density at radius 2 is 2.40 bits per heavy atom. The fourth-order valence-electron chi connectivity index (χ4n) is 0.934. The number of aromatic nitrogens is 1. The number of pyridine rings is 1. The van der Waals surface area contributed by atoms with Crippen LogP contribution in [0.15, 0.2) is 35.0 Å². The zero-order valence-corrected chi connectivity index (χ0v) is 10.3. The van der Waals surface area contributed by atoms with Gasteiger partial charge in [0.25, 0.3) is 5.91 Å². The molecule has 0 aliphatic carbocycles. The van der Waals surface area contributed by atoms with Gasteiger partial charge < -0.3 is 5.32 Å². The molecular weight excluding hydrogens is 279 g/mol. The summed E-state index contributed by atoms with van der Waals surface area (Å²) in [6, 6.07) is 3.53. The van der Waals surface area contributed by atoms with E-state index in [9.17, 15) is 4.79 Å². The molecular formula is C10H10BrClN2O. The van der Waals surface area contributed by atoms with Crippen LogP contribution in [0.3, 0.4) is 0 Å². The first kappa shape index (κ1) is 12.2. The molecule has 0 radical (unpaired) electrons. The largest absolute Gasteiger partial charge is 0.347 e. The number of hydrogen-bond acceptors (Lipinski definition) is 2. The lowest BCUT2D eigenvalue weighted by Gasteiger charge is -2.02. The molecule has 5 heteroatoms. The topological polar surface area (TPSA) is 42.0 Å². The van der Waals surface area contributed by atoms with Crippen molar-refractivity contribution < 1.29 is 4.79 Å². The Kier molecular flexibility index (Phi) is 5.36. The molecule has 0 unspecified atom stereocenters. The number of alkyl halides is 1. The maximum atomic E-state index is 11.6. The molecule has 0 atom stereocenters. The minimum Gasteiger partial charge on any atom is -0.347 e. The van der Waals surface area contributed by atoms with E-state index in [2.05, 4.69) is 26.2 Å². The standard InChI is InChI=1S/C10H10BrClN2O/c11-8-4-3-7-13-9(8)10(15)14-6-2-1-5-12/h1-4,7H,5-6H2,(H,14,15)/b2-1+. The second-order valence-electron chi connectivity index (χ2n) is 2.67. The number of carbonyl (C=O) groups excluding carboxylic acids is 1. The predicted molar refractivity (Wildman–Crippen MR) is 64.1 cm³/mol. The molecule has 1 amide bonds. The fraction of sp³-hybridized carbons (Fsp3) is 0.200. The number of nitrogens with zero attached hydrogens (tertiary/aromatic N) is 1. The van der Waals surface area contributed by atoms with E-state index in [1.54, 1.807) is 30.5 Å². The Balaban J connectivity index is 2.54. The van der Waals surface area contributed by atoms with Gasteiger partial charge in [0.2, 0.25) is 0 Å². The molecule has 80 valence electrons. The van der Waals surface area contributed by atoms with Crippen molar-refractivity contribution in [3.05, 3.63) is 40.6 Å². The SMILES string of the molecule is O=C(NC/C=C/CCl)c1ncccc1Br. The van der Waals surface area contributed by atoms with Gasteiger partial charge in [0, 0.05) is 23.1 Å². The van der Waals surface area contributed by atoms with Gasteiger partial charge in [0.05, 0.1) is 0 Å². The highest BCUT2D eigenvalue weighted by Gasteiger charge is 2.08. The van der Waals surface area contributed by atoms with E-state index in [-0.39, 0.29) is 5.91 Å². The van der Waals surface area contributed by atoms with Crippen molar-refractivity contribution in [1.82, 2.24) is 10.3 Å². The average Bonchev–Trinajstić information content (AvgIpc) is 2.25. The van der Waals surface area contributed by atoms with Crippen LogP contribution in [0.5, 0.6) is 0 Å². The van der Waals surface area contributed by atoms with Gasteiger partial charge in [0.15, 0.2) is 0 Å². The predicted octanol–water partition coefficient (Wildman–Crippen LogP) is 2.37. The summed E-state index contributed by atoms with van der Waals surface area (Å²) in [5.74, 6) is 0.241. The van der Waals surface area contributed by atoms with Crippen LogP contribution < -0.4 is 5.32 Å². The van der Waals surface area contributed by atoms with E-state index in [0.717, 1.165) is 0 Å². The van der Waals surface area contributed by atoms with Crippen molar-refractivity contribution in [2.45, 2.75) is 0 Å². The lowest BCUT2D eigenvalue weighted by atomic mass is 10.3. The Morgan fingerprint density at radius 3 is 3.07 bits per heavy atom. The first-order chi connectivity index (χ1) is 7.25. The summed E-state index contributed by atoms with van der Waals surface area (Å²) in [4.78, 5) is 15.5. The monoisotopic (exact) mass is 288 g/mol. The molecule has 1 aromatic rings. The van der Waals surface area contributed by atoms with Crippen molar-refractivity contribution in [2.24, 2.45) is 0 Å². The fourth-order valence-corrected chi connectivity index (χ4v) is 1.50. The van der Waals surface area contributed by atoms with Gasteiger partial charge in [-0.1, -0.05) is 12.2 Å². The van der Waals surface area contributed by atoms with Crippen LogP contribution in [0.25, 0.3) is 0 Å². The molecule has 0 aromatic carbocycles.